The smallest absolute Gasteiger partial charge is 0.150 e. The third-order valence-electron chi connectivity index (χ3n) is 4.26. The summed E-state index contributed by atoms with van der Waals surface area (Å²) in [7, 11) is 0. The molecule has 1 fully saturated rings. The molecule has 21 heavy (non-hydrogen) atoms. The Kier molecular flexibility index (Phi) is 2.78. The summed E-state index contributed by atoms with van der Waals surface area (Å²) >= 11 is 0. The Morgan fingerprint density at radius 1 is 1.29 bits per heavy atom. The first-order chi connectivity index (χ1) is 10.3. The molecule has 1 N–H and O–H groups in total. The first-order valence-corrected chi connectivity index (χ1v) is 7.36. The molecule has 1 atom stereocenters. The third kappa shape index (κ3) is 2.11. The van der Waals surface area contributed by atoms with Crippen LogP contribution in [0.5, 0.6) is 0 Å². The normalized spacial score (nSPS) is 19.4. The van der Waals surface area contributed by atoms with E-state index in [-0.39, 0.29) is 0 Å². The summed E-state index contributed by atoms with van der Waals surface area (Å²) < 4.78 is 0. The fourth-order valence-corrected chi connectivity index (χ4v) is 3.23. The highest BCUT2D eigenvalue weighted by atomic mass is 15.2. The highest BCUT2D eigenvalue weighted by molar-refractivity contribution is 5.74. The standard InChI is InChI=1S/C17H16N4/c18-10-12-3-1-4-13(9-12)15-6-7-16-17(20-15)19-14-5-2-8-21(16)11-14/h1,3-4,6-7,9,14H,2,5,8,11H2,(H,19,20)/t14-/m0/s1. The molecule has 2 aromatic rings. The lowest BCUT2D eigenvalue weighted by Crippen LogP contribution is -2.46. The van der Waals surface area contributed by atoms with E-state index in [0.29, 0.717) is 11.6 Å². The number of fused-ring (bicyclic) bond motifs is 4. The van der Waals surface area contributed by atoms with Gasteiger partial charge in [0, 0.05) is 24.7 Å². The predicted molar refractivity (Wildman–Crippen MR) is 83.2 cm³/mol. The predicted octanol–water partition coefficient (Wildman–Crippen LogP) is 3.01. The summed E-state index contributed by atoms with van der Waals surface area (Å²) in [6, 6.07) is 14.5. The van der Waals surface area contributed by atoms with Crippen molar-refractivity contribution in [1.82, 2.24) is 4.98 Å². The van der Waals surface area contributed by atoms with Gasteiger partial charge < -0.3 is 10.2 Å². The summed E-state index contributed by atoms with van der Waals surface area (Å²) in [5.74, 6) is 0.978. The van der Waals surface area contributed by atoms with Gasteiger partial charge in [-0.15, -0.1) is 0 Å². The van der Waals surface area contributed by atoms with Gasteiger partial charge in [0.1, 0.15) is 0 Å². The van der Waals surface area contributed by atoms with Crippen molar-refractivity contribution in [3.63, 3.8) is 0 Å². The zero-order valence-electron chi connectivity index (χ0n) is 11.7. The van der Waals surface area contributed by atoms with Crippen molar-refractivity contribution in [2.24, 2.45) is 0 Å². The Hall–Kier alpha value is -2.54. The minimum absolute atomic E-state index is 0.513. The van der Waals surface area contributed by atoms with Crippen molar-refractivity contribution in [3.8, 4) is 17.3 Å². The maximum atomic E-state index is 9.02. The number of rotatable bonds is 1. The molecule has 0 aliphatic carbocycles. The maximum Gasteiger partial charge on any atom is 0.150 e. The van der Waals surface area contributed by atoms with Gasteiger partial charge in [0.2, 0.25) is 0 Å². The Labute approximate surface area is 124 Å². The second kappa shape index (κ2) is 4.78. The molecular formula is C17H16N4. The highest BCUT2D eigenvalue weighted by Gasteiger charge is 2.28. The molecule has 4 nitrogen and oxygen atoms in total. The van der Waals surface area contributed by atoms with Gasteiger partial charge in [0.15, 0.2) is 5.82 Å². The molecule has 1 aromatic heterocycles. The molecule has 0 amide bonds. The molecule has 3 heterocycles. The Balaban J connectivity index is 1.75. The lowest BCUT2D eigenvalue weighted by molar-refractivity contribution is 0.516. The topological polar surface area (TPSA) is 52.0 Å². The van der Waals surface area contributed by atoms with E-state index in [1.807, 2.05) is 30.3 Å². The van der Waals surface area contributed by atoms with Crippen LogP contribution in [0.3, 0.4) is 0 Å². The molecule has 0 saturated carbocycles. The van der Waals surface area contributed by atoms with Crippen molar-refractivity contribution >= 4 is 11.5 Å². The van der Waals surface area contributed by atoms with Crippen molar-refractivity contribution in [2.75, 3.05) is 23.3 Å². The van der Waals surface area contributed by atoms with E-state index in [0.717, 1.165) is 30.2 Å². The number of piperidine rings is 1. The van der Waals surface area contributed by atoms with Crippen LogP contribution in [0.4, 0.5) is 11.5 Å². The molecule has 4 heteroatoms. The molecule has 0 radical (unpaired) electrons. The first-order valence-electron chi connectivity index (χ1n) is 7.36. The molecule has 2 aliphatic heterocycles. The minimum atomic E-state index is 0.513. The van der Waals surface area contributed by atoms with Gasteiger partial charge in [-0.3, -0.25) is 0 Å². The second-order valence-electron chi connectivity index (χ2n) is 5.69. The van der Waals surface area contributed by atoms with Crippen LogP contribution < -0.4 is 10.2 Å². The minimum Gasteiger partial charge on any atom is -0.366 e. The zero-order chi connectivity index (χ0) is 14.2. The maximum absolute atomic E-state index is 9.02. The van der Waals surface area contributed by atoms with E-state index >= 15 is 0 Å². The highest BCUT2D eigenvalue weighted by Crippen LogP contribution is 2.35. The van der Waals surface area contributed by atoms with E-state index in [9.17, 15) is 0 Å². The van der Waals surface area contributed by atoms with Crippen LogP contribution in [0.2, 0.25) is 0 Å². The number of hydrogen-bond donors (Lipinski definition) is 1. The van der Waals surface area contributed by atoms with Crippen molar-refractivity contribution < 1.29 is 0 Å². The number of benzene rings is 1. The van der Waals surface area contributed by atoms with E-state index in [4.69, 9.17) is 10.2 Å². The van der Waals surface area contributed by atoms with E-state index < -0.39 is 0 Å². The molecule has 0 unspecified atom stereocenters. The van der Waals surface area contributed by atoms with Gasteiger partial charge in [-0.1, -0.05) is 12.1 Å². The number of hydrogen-bond acceptors (Lipinski definition) is 4. The molecule has 2 aliphatic rings. The van der Waals surface area contributed by atoms with Gasteiger partial charge in [0.25, 0.3) is 0 Å². The van der Waals surface area contributed by atoms with Crippen molar-refractivity contribution in [2.45, 2.75) is 18.9 Å². The van der Waals surface area contributed by atoms with Gasteiger partial charge in [0.05, 0.1) is 23.0 Å². The molecule has 2 bridgehead atoms. The van der Waals surface area contributed by atoms with Crippen LogP contribution in [0, 0.1) is 11.3 Å². The summed E-state index contributed by atoms with van der Waals surface area (Å²) in [6.45, 7) is 2.20. The first kappa shape index (κ1) is 12.2. The van der Waals surface area contributed by atoms with Gasteiger partial charge >= 0.3 is 0 Å². The van der Waals surface area contributed by atoms with Crippen LogP contribution in [0.25, 0.3) is 11.3 Å². The SMILES string of the molecule is N#Cc1cccc(-c2ccc3c(n2)N[C@H]2CCCN3C2)c1. The van der Waals surface area contributed by atoms with Crippen LogP contribution in [0.15, 0.2) is 36.4 Å². The number of nitrogens with one attached hydrogen (secondary N) is 1. The lowest BCUT2D eigenvalue weighted by Gasteiger charge is -2.40. The summed E-state index contributed by atoms with van der Waals surface area (Å²) in [4.78, 5) is 7.20. The second-order valence-corrected chi connectivity index (χ2v) is 5.69. The molecule has 1 aromatic carbocycles. The Morgan fingerprint density at radius 3 is 3.14 bits per heavy atom. The molecule has 1 saturated heterocycles. The van der Waals surface area contributed by atoms with Crippen molar-refractivity contribution in [1.29, 1.82) is 5.26 Å². The molecular weight excluding hydrogens is 260 g/mol. The Bertz CT molecular complexity index is 732. The molecule has 0 spiro atoms. The number of aromatic nitrogens is 1. The number of nitriles is 1. The van der Waals surface area contributed by atoms with E-state index in [1.165, 1.54) is 18.5 Å². The zero-order valence-corrected chi connectivity index (χ0v) is 11.7. The van der Waals surface area contributed by atoms with Gasteiger partial charge in [-0.05, 0) is 37.1 Å². The number of pyridine rings is 1. The number of nitrogens with zero attached hydrogens (tertiary/aromatic N) is 3. The van der Waals surface area contributed by atoms with Gasteiger partial charge in [-0.2, -0.15) is 5.26 Å². The fraction of sp³-hybridized carbons (Fsp3) is 0.294. The van der Waals surface area contributed by atoms with Gasteiger partial charge in [-0.25, -0.2) is 4.98 Å². The largest absolute Gasteiger partial charge is 0.366 e. The van der Waals surface area contributed by atoms with Crippen LogP contribution in [0.1, 0.15) is 18.4 Å². The average Bonchev–Trinajstić information content (AvgIpc) is 2.54. The van der Waals surface area contributed by atoms with E-state index in [1.54, 1.807) is 0 Å². The summed E-state index contributed by atoms with van der Waals surface area (Å²) in [5, 5.41) is 12.6. The third-order valence-corrected chi connectivity index (χ3v) is 4.26. The fourth-order valence-electron chi connectivity index (χ4n) is 3.23. The lowest BCUT2D eigenvalue weighted by atomic mass is 10.0. The summed E-state index contributed by atoms with van der Waals surface area (Å²) in [6.07, 6.45) is 2.45. The van der Waals surface area contributed by atoms with Crippen LogP contribution in [-0.2, 0) is 0 Å². The van der Waals surface area contributed by atoms with Crippen molar-refractivity contribution in [3.05, 3.63) is 42.0 Å². The van der Waals surface area contributed by atoms with Crippen LogP contribution >= 0.6 is 0 Å². The number of anilines is 2. The quantitative estimate of drug-likeness (QED) is 0.870. The Morgan fingerprint density at radius 2 is 2.24 bits per heavy atom. The average molecular weight is 276 g/mol. The summed E-state index contributed by atoms with van der Waals surface area (Å²) in [5.41, 5.74) is 3.77. The monoisotopic (exact) mass is 276 g/mol. The van der Waals surface area contributed by atoms with Crippen LogP contribution in [-0.4, -0.2) is 24.1 Å². The van der Waals surface area contributed by atoms with E-state index in [2.05, 4.69) is 22.4 Å². The molecule has 104 valence electrons. The molecule has 4 rings (SSSR count).